The normalized spacial score (nSPS) is 33.4. The number of nitrogens with zero attached hydrogens (tertiary/aromatic N) is 1. The van der Waals surface area contributed by atoms with Gasteiger partial charge in [-0.2, -0.15) is 5.06 Å². The van der Waals surface area contributed by atoms with Gasteiger partial charge in [-0.05, 0) is 40.5 Å². The van der Waals surface area contributed by atoms with Crippen LogP contribution in [0.1, 0.15) is 59.8 Å². The summed E-state index contributed by atoms with van der Waals surface area (Å²) >= 11 is 0. The Morgan fingerprint density at radius 1 is 1.00 bits per heavy atom. The molecule has 2 N–H and O–H groups in total. The lowest BCUT2D eigenvalue weighted by Gasteiger charge is -2.41. The Morgan fingerprint density at radius 2 is 1.53 bits per heavy atom. The molecule has 3 heteroatoms. The minimum Gasteiger partial charge on any atom is -0.312 e. The van der Waals surface area contributed by atoms with Crippen molar-refractivity contribution in [2.24, 2.45) is 0 Å². The van der Waals surface area contributed by atoms with Gasteiger partial charge in [0.25, 0.3) is 0 Å². The van der Waals surface area contributed by atoms with E-state index in [1.807, 2.05) is 0 Å². The topological polar surface area (TPSA) is 35.5 Å². The Labute approximate surface area is 92.8 Å². The highest BCUT2D eigenvalue weighted by Crippen LogP contribution is 2.45. The molecule has 3 nitrogen and oxygen atoms in total. The van der Waals surface area contributed by atoms with Gasteiger partial charge in [0.1, 0.15) is 0 Å². The molecule has 0 amide bonds. The molecule has 0 unspecified atom stereocenters. The number of rotatable bonds is 0. The molecule has 0 atom stereocenters. The average Bonchev–Trinajstić information content (AvgIpc) is 2.27. The summed E-state index contributed by atoms with van der Waals surface area (Å²) < 4.78 is 0. The van der Waals surface area contributed by atoms with Crippen molar-refractivity contribution in [3.8, 4) is 0 Å². The molecule has 0 aromatic carbocycles. The second-order valence-electron chi connectivity index (χ2n) is 6.21. The zero-order chi connectivity index (χ0) is 11.3. The van der Waals surface area contributed by atoms with E-state index in [2.05, 4.69) is 33.0 Å². The van der Waals surface area contributed by atoms with Gasteiger partial charge >= 0.3 is 0 Å². The molecule has 0 aromatic heterocycles. The molecule has 88 valence electrons. The monoisotopic (exact) mass is 212 g/mol. The van der Waals surface area contributed by atoms with Crippen molar-refractivity contribution in [1.29, 1.82) is 0 Å². The number of nitrogens with one attached hydrogen (secondary N) is 1. The van der Waals surface area contributed by atoms with Crippen LogP contribution in [0, 0.1) is 0 Å². The first-order chi connectivity index (χ1) is 6.82. The predicted molar refractivity (Wildman–Crippen MR) is 60.7 cm³/mol. The van der Waals surface area contributed by atoms with Crippen molar-refractivity contribution in [2.45, 2.75) is 76.5 Å². The molecule has 0 aromatic rings. The molecule has 2 rings (SSSR count). The minimum absolute atomic E-state index is 0.0426. The fourth-order valence-corrected chi connectivity index (χ4v) is 3.06. The first-order valence-corrected chi connectivity index (χ1v) is 6.10. The van der Waals surface area contributed by atoms with E-state index in [0.29, 0.717) is 0 Å². The zero-order valence-corrected chi connectivity index (χ0v) is 10.4. The predicted octanol–water partition coefficient (Wildman–Crippen LogP) is 2.50. The van der Waals surface area contributed by atoms with E-state index in [0.717, 1.165) is 12.8 Å². The van der Waals surface area contributed by atoms with Gasteiger partial charge < -0.3 is 5.21 Å². The highest BCUT2D eigenvalue weighted by molar-refractivity contribution is 5.13. The van der Waals surface area contributed by atoms with E-state index in [-0.39, 0.29) is 16.7 Å². The lowest BCUT2D eigenvalue weighted by molar-refractivity contribution is -0.217. The summed E-state index contributed by atoms with van der Waals surface area (Å²) in [7, 11) is 0. The van der Waals surface area contributed by atoms with Crippen molar-refractivity contribution in [1.82, 2.24) is 10.4 Å². The van der Waals surface area contributed by atoms with E-state index in [9.17, 15) is 5.21 Å². The first-order valence-electron chi connectivity index (χ1n) is 6.10. The summed E-state index contributed by atoms with van der Waals surface area (Å²) in [6, 6.07) is 0. The van der Waals surface area contributed by atoms with Gasteiger partial charge in [0, 0.05) is 5.54 Å². The van der Waals surface area contributed by atoms with Crippen molar-refractivity contribution in [3.63, 3.8) is 0 Å². The summed E-state index contributed by atoms with van der Waals surface area (Å²) in [5.74, 6) is 0. The summed E-state index contributed by atoms with van der Waals surface area (Å²) in [5, 5.41) is 15.7. The molecule has 15 heavy (non-hydrogen) atoms. The van der Waals surface area contributed by atoms with Crippen LogP contribution >= 0.6 is 0 Å². The Kier molecular flexibility index (Phi) is 2.42. The van der Waals surface area contributed by atoms with Gasteiger partial charge in [-0.15, -0.1) is 0 Å². The number of hydrogen-bond donors (Lipinski definition) is 2. The molecule has 1 saturated carbocycles. The summed E-state index contributed by atoms with van der Waals surface area (Å²) in [4.78, 5) is 0. The van der Waals surface area contributed by atoms with E-state index in [4.69, 9.17) is 0 Å². The Hall–Kier alpha value is -0.120. The Bertz CT molecular complexity index is 254. The molecule has 1 heterocycles. The van der Waals surface area contributed by atoms with Crippen molar-refractivity contribution >= 4 is 0 Å². The lowest BCUT2D eigenvalue weighted by Crippen LogP contribution is -2.54. The summed E-state index contributed by atoms with van der Waals surface area (Å²) in [6.07, 6.45) is 5.87. The first kappa shape index (κ1) is 11.4. The van der Waals surface area contributed by atoms with Gasteiger partial charge in [-0.3, -0.25) is 5.32 Å². The molecule has 0 bridgehead atoms. The van der Waals surface area contributed by atoms with Gasteiger partial charge in [-0.25, -0.2) is 0 Å². The third-order valence-electron chi connectivity index (χ3n) is 4.69. The van der Waals surface area contributed by atoms with Crippen LogP contribution in [0.25, 0.3) is 0 Å². The largest absolute Gasteiger partial charge is 0.312 e. The molecule has 1 saturated heterocycles. The SMILES string of the molecule is CC1(C)NC2(CCCCC2)N(O)C1(C)C. The van der Waals surface area contributed by atoms with Crippen LogP contribution in [-0.4, -0.2) is 27.0 Å². The Balaban J connectivity index is 2.30. The van der Waals surface area contributed by atoms with Crippen molar-refractivity contribution in [3.05, 3.63) is 0 Å². The minimum atomic E-state index is -0.204. The maximum Gasteiger partial charge on any atom is 0.0962 e. The van der Waals surface area contributed by atoms with E-state index < -0.39 is 0 Å². The fraction of sp³-hybridized carbons (Fsp3) is 1.00. The average molecular weight is 212 g/mol. The van der Waals surface area contributed by atoms with Gasteiger partial charge in [0.2, 0.25) is 0 Å². The van der Waals surface area contributed by atoms with E-state index >= 15 is 0 Å². The second kappa shape index (κ2) is 3.19. The quantitative estimate of drug-likeness (QED) is 0.647. The molecule has 1 aliphatic carbocycles. The highest BCUT2D eigenvalue weighted by Gasteiger charge is 2.59. The molecule has 2 fully saturated rings. The van der Waals surface area contributed by atoms with E-state index in [1.54, 1.807) is 5.06 Å². The van der Waals surface area contributed by atoms with Crippen LogP contribution in [-0.2, 0) is 0 Å². The molecular formula is C12H24N2O. The standard InChI is InChI=1S/C12H24N2O/c1-10(2)11(3,4)14(15)12(13-10)8-6-5-7-9-12/h13,15H,5-9H2,1-4H3. The smallest absolute Gasteiger partial charge is 0.0962 e. The zero-order valence-electron chi connectivity index (χ0n) is 10.4. The van der Waals surface area contributed by atoms with Crippen LogP contribution < -0.4 is 5.32 Å². The third-order valence-corrected chi connectivity index (χ3v) is 4.69. The van der Waals surface area contributed by atoms with Crippen LogP contribution in [0.5, 0.6) is 0 Å². The number of hydrogen-bond acceptors (Lipinski definition) is 3. The maximum absolute atomic E-state index is 10.4. The molecule has 1 aliphatic heterocycles. The molecule has 1 spiro atoms. The van der Waals surface area contributed by atoms with E-state index in [1.165, 1.54) is 19.3 Å². The van der Waals surface area contributed by atoms with Crippen LogP contribution in [0.15, 0.2) is 0 Å². The fourth-order valence-electron chi connectivity index (χ4n) is 3.06. The van der Waals surface area contributed by atoms with Crippen LogP contribution in [0.3, 0.4) is 0 Å². The van der Waals surface area contributed by atoms with Gasteiger partial charge in [-0.1, -0.05) is 19.3 Å². The lowest BCUT2D eigenvalue weighted by atomic mass is 9.84. The Morgan fingerprint density at radius 3 is 1.93 bits per heavy atom. The van der Waals surface area contributed by atoms with Crippen LogP contribution in [0.2, 0.25) is 0 Å². The molecule has 0 radical (unpaired) electrons. The van der Waals surface area contributed by atoms with Crippen molar-refractivity contribution in [2.75, 3.05) is 0 Å². The van der Waals surface area contributed by atoms with Crippen LogP contribution in [0.4, 0.5) is 0 Å². The third kappa shape index (κ3) is 1.44. The van der Waals surface area contributed by atoms with Gasteiger partial charge in [0.15, 0.2) is 0 Å². The van der Waals surface area contributed by atoms with Crippen molar-refractivity contribution < 1.29 is 5.21 Å². The summed E-state index contributed by atoms with van der Waals surface area (Å²) in [5.41, 5.74) is -0.408. The molecule has 2 aliphatic rings. The molecular weight excluding hydrogens is 188 g/mol. The van der Waals surface area contributed by atoms with Gasteiger partial charge in [0.05, 0.1) is 11.2 Å². The highest BCUT2D eigenvalue weighted by atomic mass is 16.5. The second-order valence-corrected chi connectivity index (χ2v) is 6.21. The maximum atomic E-state index is 10.4. The summed E-state index contributed by atoms with van der Waals surface area (Å²) in [6.45, 7) is 8.59. The number of hydroxylamine groups is 2.